The molecule has 0 N–H and O–H groups in total. The van der Waals surface area contributed by atoms with Crippen LogP contribution in [0.2, 0.25) is 0 Å². The average molecular weight is 500 g/mol. The number of phosphoric acid groups is 3. The molecule has 0 bridgehead atoms. The van der Waals surface area contributed by atoms with Crippen LogP contribution in [0.15, 0.2) is 0 Å². The minimum absolute atomic E-state index is 0.0402. The molecule has 0 aromatic heterocycles. The van der Waals surface area contributed by atoms with Crippen molar-refractivity contribution in [1.82, 2.24) is 0 Å². The third-order valence-corrected chi connectivity index (χ3v) is 7.77. The van der Waals surface area contributed by atoms with Gasteiger partial charge in [-0.1, -0.05) is 0 Å². The lowest BCUT2D eigenvalue weighted by molar-refractivity contribution is 0.00746. The van der Waals surface area contributed by atoms with E-state index in [4.69, 9.17) is 40.7 Å². The minimum atomic E-state index is -4.00. The zero-order valence-electron chi connectivity index (χ0n) is 18.5. The molecule has 30 heavy (non-hydrogen) atoms. The van der Waals surface area contributed by atoms with Crippen molar-refractivity contribution in [2.45, 2.75) is 47.6 Å². The summed E-state index contributed by atoms with van der Waals surface area (Å²) in [6.45, 7) is 9.11. The summed E-state index contributed by atoms with van der Waals surface area (Å²) < 4.78 is 84.1. The molecular weight excluding hydrogens is 465 g/mol. The largest absolute Gasteiger partial charge is 0.475 e. The Morgan fingerprint density at radius 3 is 1.00 bits per heavy atom. The Morgan fingerprint density at radius 2 is 0.733 bits per heavy atom. The summed E-state index contributed by atoms with van der Waals surface area (Å²) in [6.07, 6.45) is -1.20. The van der Waals surface area contributed by atoms with Crippen LogP contribution in [0.1, 0.15) is 41.5 Å². The van der Waals surface area contributed by atoms with E-state index in [1.165, 1.54) is 0 Å². The molecule has 0 amide bonds. The second-order valence-electron chi connectivity index (χ2n) is 5.17. The quantitative estimate of drug-likeness (QED) is 0.209. The third kappa shape index (κ3) is 12.4. The fourth-order valence-electron chi connectivity index (χ4n) is 1.91. The molecule has 0 spiro atoms. The Balaban J connectivity index is 5.44. The molecule has 182 valence electrons. The van der Waals surface area contributed by atoms with Crippen molar-refractivity contribution in [3.63, 3.8) is 0 Å². The number of hydrogen-bond acceptors (Lipinski definition) is 12. The summed E-state index contributed by atoms with van der Waals surface area (Å²) in [5, 5.41) is 0. The zero-order chi connectivity index (χ0) is 23.1. The Bertz CT molecular complexity index is 523. The van der Waals surface area contributed by atoms with Crippen LogP contribution in [0.25, 0.3) is 0 Å². The SMILES string of the molecule is CCOP(=O)(OCC)OCC(COP(=O)(OCC)OCC)OP(=O)(OCC)OCC. The molecule has 0 saturated heterocycles. The van der Waals surface area contributed by atoms with Crippen LogP contribution in [0, 0.1) is 0 Å². The Hall–Kier alpha value is 0.330. The molecule has 15 heteroatoms. The topological polar surface area (TPSA) is 134 Å². The van der Waals surface area contributed by atoms with E-state index in [1.807, 2.05) is 0 Å². The van der Waals surface area contributed by atoms with E-state index in [2.05, 4.69) is 0 Å². The highest BCUT2D eigenvalue weighted by atomic mass is 31.2. The highest BCUT2D eigenvalue weighted by Crippen LogP contribution is 2.54. The Kier molecular flexibility index (Phi) is 16.2. The first-order valence-electron chi connectivity index (χ1n) is 9.80. The first-order valence-corrected chi connectivity index (χ1v) is 14.2. The Morgan fingerprint density at radius 1 is 0.467 bits per heavy atom. The van der Waals surface area contributed by atoms with E-state index < -0.39 is 42.8 Å². The summed E-state index contributed by atoms with van der Waals surface area (Å²) >= 11 is 0. The maximum absolute atomic E-state index is 12.7. The van der Waals surface area contributed by atoms with Gasteiger partial charge in [0.2, 0.25) is 0 Å². The molecule has 0 saturated carbocycles. The molecular formula is C15H35O12P3. The molecule has 0 aromatic carbocycles. The van der Waals surface area contributed by atoms with Gasteiger partial charge in [-0.3, -0.25) is 40.7 Å². The van der Waals surface area contributed by atoms with Crippen LogP contribution in [0.5, 0.6) is 0 Å². The first-order chi connectivity index (χ1) is 14.1. The molecule has 0 heterocycles. The van der Waals surface area contributed by atoms with Gasteiger partial charge in [0.05, 0.1) is 52.9 Å². The van der Waals surface area contributed by atoms with Crippen molar-refractivity contribution in [1.29, 1.82) is 0 Å². The lowest BCUT2D eigenvalue weighted by Gasteiger charge is -2.26. The van der Waals surface area contributed by atoms with Crippen LogP contribution in [0.3, 0.4) is 0 Å². The van der Waals surface area contributed by atoms with Crippen molar-refractivity contribution in [2.75, 3.05) is 52.9 Å². The molecule has 0 aromatic rings. The summed E-state index contributed by atoms with van der Waals surface area (Å²) in [7, 11) is -11.8. The summed E-state index contributed by atoms with van der Waals surface area (Å²) in [5.41, 5.74) is 0. The van der Waals surface area contributed by atoms with Gasteiger partial charge in [0, 0.05) is 0 Å². The van der Waals surface area contributed by atoms with Gasteiger partial charge in [-0.15, -0.1) is 0 Å². The van der Waals surface area contributed by atoms with Gasteiger partial charge >= 0.3 is 23.5 Å². The van der Waals surface area contributed by atoms with Gasteiger partial charge < -0.3 is 0 Å². The number of phosphoric ester groups is 3. The standard InChI is InChI=1S/C15H35O12P3/c1-7-19-28(16,20-8-2)25-13-15(27-30(18,23-11-5)24-12-6)14-26-29(17,21-9-3)22-10-4/h15H,7-14H2,1-6H3. The smallest absolute Gasteiger partial charge is 0.287 e. The van der Waals surface area contributed by atoms with Crippen LogP contribution in [-0.4, -0.2) is 59.0 Å². The van der Waals surface area contributed by atoms with Gasteiger partial charge in [0.15, 0.2) is 0 Å². The van der Waals surface area contributed by atoms with E-state index >= 15 is 0 Å². The molecule has 0 aliphatic rings. The zero-order valence-corrected chi connectivity index (χ0v) is 21.2. The number of hydrogen-bond donors (Lipinski definition) is 0. The molecule has 0 radical (unpaired) electrons. The lowest BCUT2D eigenvalue weighted by Crippen LogP contribution is -2.25. The Labute approximate surface area is 179 Å². The normalized spacial score (nSPS) is 13.3. The fraction of sp³-hybridized carbons (Fsp3) is 1.00. The molecule has 0 aliphatic carbocycles. The second-order valence-corrected chi connectivity index (χ2v) is 10.1. The van der Waals surface area contributed by atoms with Gasteiger partial charge in [0.25, 0.3) is 0 Å². The van der Waals surface area contributed by atoms with Crippen LogP contribution < -0.4 is 0 Å². The molecule has 0 rings (SSSR count). The molecule has 12 nitrogen and oxygen atoms in total. The monoisotopic (exact) mass is 500 g/mol. The van der Waals surface area contributed by atoms with E-state index in [0.717, 1.165) is 0 Å². The predicted molar refractivity (Wildman–Crippen MR) is 109 cm³/mol. The fourth-order valence-corrected chi connectivity index (χ4v) is 5.64. The minimum Gasteiger partial charge on any atom is -0.287 e. The predicted octanol–water partition coefficient (Wildman–Crippen LogP) is 4.95. The van der Waals surface area contributed by atoms with E-state index in [0.29, 0.717) is 0 Å². The maximum Gasteiger partial charge on any atom is 0.475 e. The maximum atomic E-state index is 12.7. The highest BCUT2D eigenvalue weighted by molar-refractivity contribution is 7.49. The van der Waals surface area contributed by atoms with Gasteiger partial charge in [0.1, 0.15) is 6.10 Å². The van der Waals surface area contributed by atoms with Gasteiger partial charge in [-0.2, -0.15) is 0 Å². The van der Waals surface area contributed by atoms with Crippen molar-refractivity contribution in [3.05, 3.63) is 0 Å². The van der Waals surface area contributed by atoms with Gasteiger partial charge in [-0.05, 0) is 41.5 Å². The summed E-state index contributed by atoms with van der Waals surface area (Å²) in [6, 6.07) is 0. The molecule has 0 atom stereocenters. The van der Waals surface area contributed by atoms with Crippen LogP contribution in [0.4, 0.5) is 0 Å². The summed E-state index contributed by atoms with van der Waals surface area (Å²) in [5.74, 6) is 0. The van der Waals surface area contributed by atoms with Crippen molar-refractivity contribution in [3.8, 4) is 0 Å². The molecule has 0 unspecified atom stereocenters. The van der Waals surface area contributed by atoms with Crippen molar-refractivity contribution < 1.29 is 54.4 Å². The lowest BCUT2D eigenvalue weighted by atomic mass is 10.4. The number of rotatable bonds is 20. The van der Waals surface area contributed by atoms with Gasteiger partial charge in [-0.25, -0.2) is 13.7 Å². The van der Waals surface area contributed by atoms with Crippen LogP contribution in [-0.2, 0) is 54.4 Å². The third-order valence-electron chi connectivity index (χ3n) is 2.84. The molecule has 0 fully saturated rings. The van der Waals surface area contributed by atoms with Crippen molar-refractivity contribution in [2.24, 2.45) is 0 Å². The average Bonchev–Trinajstić information content (AvgIpc) is 2.65. The van der Waals surface area contributed by atoms with E-state index in [9.17, 15) is 13.7 Å². The first kappa shape index (κ1) is 30.3. The second kappa shape index (κ2) is 16.0. The van der Waals surface area contributed by atoms with Crippen LogP contribution >= 0.6 is 23.5 Å². The molecule has 0 aliphatic heterocycles. The van der Waals surface area contributed by atoms with E-state index in [-0.39, 0.29) is 39.6 Å². The summed E-state index contributed by atoms with van der Waals surface area (Å²) in [4.78, 5) is 0. The van der Waals surface area contributed by atoms with E-state index in [1.54, 1.807) is 41.5 Å². The van der Waals surface area contributed by atoms with Crippen molar-refractivity contribution >= 4 is 23.5 Å². The highest BCUT2D eigenvalue weighted by Gasteiger charge is 2.36.